The van der Waals surface area contributed by atoms with Crippen molar-refractivity contribution in [3.05, 3.63) is 206 Å². The Morgan fingerprint density at radius 3 is 1.62 bits per heavy atom. The van der Waals surface area contributed by atoms with Crippen molar-refractivity contribution in [1.82, 2.24) is 19.1 Å². The van der Waals surface area contributed by atoms with Gasteiger partial charge in [0.2, 0.25) is 0 Å². The van der Waals surface area contributed by atoms with E-state index in [-0.39, 0.29) is 0 Å². The third-order valence-electron chi connectivity index (χ3n) is 11.0. The normalized spacial score (nSPS) is 11.6. The molecule has 3 aromatic heterocycles. The summed E-state index contributed by atoms with van der Waals surface area (Å²) in [6, 6.07) is 71.0. The number of hydrogen-bond donors (Lipinski definition) is 0. The molecule has 4 nitrogen and oxygen atoms in total. The topological polar surface area (TPSA) is 35.6 Å². The molecule has 0 N–H and O–H groups in total. The summed E-state index contributed by atoms with van der Waals surface area (Å²) in [5.41, 5.74) is 13.0. The van der Waals surface area contributed by atoms with E-state index in [0.29, 0.717) is 5.82 Å². The van der Waals surface area contributed by atoms with Crippen LogP contribution in [0.15, 0.2) is 206 Å². The van der Waals surface area contributed by atoms with Gasteiger partial charge in [-0.3, -0.25) is 0 Å². The van der Waals surface area contributed by atoms with Crippen LogP contribution in [0.25, 0.3) is 99.9 Å². The molecule has 8 aromatic carbocycles. The quantitative estimate of drug-likeness (QED) is 0.172. The number of aromatic nitrogens is 4. The zero-order chi connectivity index (χ0) is 37.0. The van der Waals surface area contributed by atoms with E-state index < -0.39 is 0 Å². The van der Waals surface area contributed by atoms with Gasteiger partial charge in [0.05, 0.1) is 27.9 Å². The molecule has 0 bridgehead atoms. The molecule has 56 heavy (non-hydrogen) atoms. The van der Waals surface area contributed by atoms with Gasteiger partial charge in [0.25, 0.3) is 0 Å². The maximum Gasteiger partial charge on any atom is 0.160 e. The number of hydrogen-bond acceptors (Lipinski definition) is 2. The van der Waals surface area contributed by atoms with Crippen LogP contribution in [0.2, 0.25) is 0 Å². The molecule has 0 radical (unpaired) electrons. The highest BCUT2D eigenvalue weighted by Crippen LogP contribution is 2.40. The van der Waals surface area contributed by atoms with Crippen LogP contribution in [0.3, 0.4) is 0 Å². The van der Waals surface area contributed by atoms with E-state index in [2.05, 4.69) is 179 Å². The second-order valence-corrected chi connectivity index (χ2v) is 14.3. The summed E-state index contributed by atoms with van der Waals surface area (Å²) < 4.78 is 4.71. The Hall–Kier alpha value is -7.56. The van der Waals surface area contributed by atoms with Gasteiger partial charge in [-0.2, -0.15) is 0 Å². The standard InChI is InChI=1S/C52H34N4/c1-4-13-36(14-5-1)47-34-48(37-15-6-2-7-16-37)54-52(53-47)39-18-12-17-38(33-39)35-23-25-41(26-24-35)56-50-22-11-10-21-43(50)46-28-27-42-44-31-32-55(40-19-8-3-9-20-40)49(44)30-29-45(42)51(46)56/h1-34H. The molecular weight excluding hydrogens is 681 g/mol. The first-order valence-corrected chi connectivity index (χ1v) is 19.0. The zero-order valence-electron chi connectivity index (χ0n) is 30.4. The van der Waals surface area contributed by atoms with Gasteiger partial charge in [-0.1, -0.05) is 146 Å². The van der Waals surface area contributed by atoms with Crippen LogP contribution < -0.4 is 0 Å². The van der Waals surface area contributed by atoms with E-state index in [4.69, 9.17) is 9.97 Å². The second kappa shape index (κ2) is 13.1. The molecule has 0 spiro atoms. The first kappa shape index (κ1) is 31.9. The molecule has 4 heteroatoms. The van der Waals surface area contributed by atoms with Crippen LogP contribution >= 0.6 is 0 Å². The molecule has 0 aliphatic rings. The lowest BCUT2D eigenvalue weighted by Crippen LogP contribution is -1.96. The maximum absolute atomic E-state index is 5.08. The Labute approximate surface area is 324 Å². The van der Waals surface area contributed by atoms with Crippen LogP contribution in [0.1, 0.15) is 0 Å². The van der Waals surface area contributed by atoms with Gasteiger partial charge in [0.15, 0.2) is 5.82 Å². The Bertz CT molecular complexity index is 3160. The summed E-state index contributed by atoms with van der Waals surface area (Å²) in [4.78, 5) is 10.2. The maximum atomic E-state index is 5.08. The minimum absolute atomic E-state index is 0.703. The predicted molar refractivity (Wildman–Crippen MR) is 232 cm³/mol. The molecular formula is C52H34N4. The summed E-state index contributed by atoms with van der Waals surface area (Å²) in [5.74, 6) is 0.703. The number of benzene rings is 8. The minimum Gasteiger partial charge on any atom is -0.317 e. The summed E-state index contributed by atoms with van der Waals surface area (Å²) in [6.45, 7) is 0. The fourth-order valence-corrected chi connectivity index (χ4v) is 8.30. The van der Waals surface area contributed by atoms with Gasteiger partial charge in [-0.15, -0.1) is 0 Å². The van der Waals surface area contributed by atoms with Gasteiger partial charge in [0.1, 0.15) is 0 Å². The molecule has 3 heterocycles. The molecule has 0 amide bonds. The summed E-state index contributed by atoms with van der Waals surface area (Å²) in [6.07, 6.45) is 2.18. The molecule has 0 saturated carbocycles. The monoisotopic (exact) mass is 714 g/mol. The van der Waals surface area contributed by atoms with E-state index in [1.54, 1.807) is 0 Å². The molecule has 11 aromatic rings. The fourth-order valence-electron chi connectivity index (χ4n) is 8.30. The van der Waals surface area contributed by atoms with Gasteiger partial charge >= 0.3 is 0 Å². The molecule has 0 aliphatic heterocycles. The molecule has 0 fully saturated rings. The molecule has 11 rings (SSSR count). The Kier molecular flexibility index (Phi) is 7.46. The van der Waals surface area contributed by atoms with Crippen LogP contribution in [0.4, 0.5) is 0 Å². The van der Waals surface area contributed by atoms with Crippen molar-refractivity contribution in [3.8, 4) is 56.4 Å². The highest BCUT2D eigenvalue weighted by atomic mass is 15.0. The lowest BCUT2D eigenvalue weighted by atomic mass is 10.0. The second-order valence-electron chi connectivity index (χ2n) is 14.3. The molecule has 0 atom stereocenters. The highest BCUT2D eigenvalue weighted by molar-refractivity contribution is 6.23. The lowest BCUT2D eigenvalue weighted by Gasteiger charge is -2.13. The fraction of sp³-hybridized carbons (Fsp3) is 0. The van der Waals surface area contributed by atoms with E-state index in [1.165, 1.54) is 43.5 Å². The van der Waals surface area contributed by atoms with Crippen molar-refractivity contribution in [2.75, 3.05) is 0 Å². The third-order valence-corrected chi connectivity index (χ3v) is 11.0. The zero-order valence-corrected chi connectivity index (χ0v) is 30.4. The van der Waals surface area contributed by atoms with Gasteiger partial charge in [-0.25, -0.2) is 9.97 Å². The molecule has 0 saturated heterocycles. The van der Waals surface area contributed by atoms with Gasteiger partial charge < -0.3 is 9.13 Å². The SMILES string of the molecule is c1ccc(-c2cc(-c3ccccc3)nc(-c3cccc(-c4ccc(-n5c6ccccc6c6ccc7c8ccn(-c9ccccc9)c8ccc7c65)cc4)c3)n2)cc1. The van der Waals surface area contributed by atoms with Crippen LogP contribution in [-0.2, 0) is 0 Å². The minimum atomic E-state index is 0.703. The number of fused-ring (bicyclic) bond motifs is 7. The van der Waals surface area contributed by atoms with E-state index in [1.807, 2.05) is 36.4 Å². The van der Waals surface area contributed by atoms with Crippen molar-refractivity contribution < 1.29 is 0 Å². The van der Waals surface area contributed by atoms with E-state index in [0.717, 1.165) is 50.6 Å². The highest BCUT2D eigenvalue weighted by Gasteiger charge is 2.18. The number of nitrogens with zero attached hydrogens (tertiary/aromatic N) is 4. The molecule has 0 unspecified atom stereocenters. The Balaban J connectivity index is 1.02. The largest absolute Gasteiger partial charge is 0.317 e. The number of rotatable bonds is 6. The van der Waals surface area contributed by atoms with Crippen molar-refractivity contribution in [1.29, 1.82) is 0 Å². The van der Waals surface area contributed by atoms with Crippen LogP contribution in [0, 0.1) is 0 Å². The predicted octanol–water partition coefficient (Wildman–Crippen LogP) is 13.3. The van der Waals surface area contributed by atoms with E-state index >= 15 is 0 Å². The van der Waals surface area contributed by atoms with Crippen molar-refractivity contribution in [2.45, 2.75) is 0 Å². The molecule has 262 valence electrons. The van der Waals surface area contributed by atoms with Gasteiger partial charge in [0, 0.05) is 55.8 Å². The summed E-state index contributed by atoms with van der Waals surface area (Å²) in [5, 5.41) is 6.22. The first-order valence-electron chi connectivity index (χ1n) is 19.0. The Morgan fingerprint density at radius 1 is 0.321 bits per heavy atom. The average molecular weight is 715 g/mol. The number of para-hydroxylation sites is 2. The van der Waals surface area contributed by atoms with Crippen LogP contribution in [-0.4, -0.2) is 19.1 Å². The summed E-state index contributed by atoms with van der Waals surface area (Å²) in [7, 11) is 0. The lowest BCUT2D eigenvalue weighted by molar-refractivity contribution is 1.13. The van der Waals surface area contributed by atoms with Crippen molar-refractivity contribution >= 4 is 43.5 Å². The van der Waals surface area contributed by atoms with Crippen molar-refractivity contribution in [3.63, 3.8) is 0 Å². The van der Waals surface area contributed by atoms with Gasteiger partial charge in [-0.05, 0) is 71.1 Å². The van der Waals surface area contributed by atoms with E-state index in [9.17, 15) is 0 Å². The molecule has 0 aliphatic carbocycles. The smallest absolute Gasteiger partial charge is 0.160 e. The summed E-state index contributed by atoms with van der Waals surface area (Å²) >= 11 is 0. The van der Waals surface area contributed by atoms with Crippen LogP contribution in [0.5, 0.6) is 0 Å². The first-order chi connectivity index (χ1) is 27.8. The average Bonchev–Trinajstić information content (AvgIpc) is 3.87. The Morgan fingerprint density at radius 2 is 0.893 bits per heavy atom. The third kappa shape index (κ3) is 5.31. The van der Waals surface area contributed by atoms with Crippen molar-refractivity contribution in [2.24, 2.45) is 0 Å².